The molecule has 0 saturated carbocycles. The lowest BCUT2D eigenvalue weighted by Crippen LogP contribution is -2.30. The SMILES string of the molecule is COc1ccc(CC(NN)c2ccc(C)c(F)c2F)cn1. The van der Waals surface area contributed by atoms with E-state index in [9.17, 15) is 8.78 Å². The zero-order chi connectivity index (χ0) is 15.4. The number of aromatic nitrogens is 1. The molecule has 1 aromatic carbocycles. The van der Waals surface area contributed by atoms with Gasteiger partial charge in [0.25, 0.3) is 0 Å². The minimum absolute atomic E-state index is 0.191. The number of nitrogens with one attached hydrogen (secondary N) is 1. The second-order valence-corrected chi connectivity index (χ2v) is 4.73. The molecule has 2 rings (SSSR count). The fourth-order valence-corrected chi connectivity index (χ4v) is 2.08. The van der Waals surface area contributed by atoms with Crippen molar-refractivity contribution in [3.05, 3.63) is 58.8 Å². The van der Waals surface area contributed by atoms with E-state index in [1.54, 1.807) is 18.3 Å². The van der Waals surface area contributed by atoms with E-state index in [0.717, 1.165) is 5.56 Å². The summed E-state index contributed by atoms with van der Waals surface area (Å²) in [5, 5.41) is 0. The molecular weight excluding hydrogens is 276 g/mol. The van der Waals surface area contributed by atoms with Gasteiger partial charge in [0, 0.05) is 17.8 Å². The molecular formula is C15H17F2N3O. The minimum Gasteiger partial charge on any atom is -0.481 e. The summed E-state index contributed by atoms with van der Waals surface area (Å²) in [6.07, 6.45) is 2.00. The maximum Gasteiger partial charge on any atom is 0.212 e. The Labute approximate surface area is 121 Å². The topological polar surface area (TPSA) is 60.2 Å². The van der Waals surface area contributed by atoms with Crippen LogP contribution in [-0.2, 0) is 6.42 Å². The number of hydrogen-bond acceptors (Lipinski definition) is 4. The summed E-state index contributed by atoms with van der Waals surface area (Å²) in [4.78, 5) is 4.07. The van der Waals surface area contributed by atoms with E-state index in [4.69, 9.17) is 10.6 Å². The van der Waals surface area contributed by atoms with Crippen LogP contribution in [0.4, 0.5) is 8.78 Å². The van der Waals surface area contributed by atoms with Crippen LogP contribution in [0.3, 0.4) is 0 Å². The molecule has 0 saturated heterocycles. The molecule has 2 aromatic rings. The van der Waals surface area contributed by atoms with Gasteiger partial charge in [-0.05, 0) is 24.5 Å². The first-order valence-corrected chi connectivity index (χ1v) is 6.46. The summed E-state index contributed by atoms with van der Waals surface area (Å²) in [5.74, 6) is 4.25. The Bertz CT molecular complexity index is 617. The van der Waals surface area contributed by atoms with Crippen LogP contribution in [0, 0.1) is 18.6 Å². The van der Waals surface area contributed by atoms with Crippen molar-refractivity contribution in [2.75, 3.05) is 7.11 Å². The number of aryl methyl sites for hydroxylation is 1. The smallest absolute Gasteiger partial charge is 0.212 e. The average molecular weight is 293 g/mol. The third kappa shape index (κ3) is 3.34. The van der Waals surface area contributed by atoms with Gasteiger partial charge in [0.15, 0.2) is 11.6 Å². The molecule has 1 heterocycles. The molecule has 1 atom stereocenters. The molecule has 112 valence electrons. The summed E-state index contributed by atoms with van der Waals surface area (Å²) in [7, 11) is 1.52. The van der Waals surface area contributed by atoms with Crippen LogP contribution in [0.25, 0.3) is 0 Å². The number of nitrogens with zero attached hydrogens (tertiary/aromatic N) is 1. The summed E-state index contributed by atoms with van der Waals surface area (Å²) >= 11 is 0. The number of nitrogens with two attached hydrogens (primary N) is 1. The van der Waals surface area contributed by atoms with Gasteiger partial charge < -0.3 is 4.74 Å². The monoisotopic (exact) mass is 293 g/mol. The van der Waals surface area contributed by atoms with Crippen LogP contribution in [0.15, 0.2) is 30.5 Å². The Morgan fingerprint density at radius 3 is 2.57 bits per heavy atom. The van der Waals surface area contributed by atoms with Crippen molar-refractivity contribution in [1.82, 2.24) is 10.4 Å². The highest BCUT2D eigenvalue weighted by Crippen LogP contribution is 2.24. The van der Waals surface area contributed by atoms with Gasteiger partial charge in [-0.3, -0.25) is 11.3 Å². The highest BCUT2D eigenvalue weighted by atomic mass is 19.2. The Hall–Kier alpha value is -2.05. The first kappa shape index (κ1) is 15.3. The molecule has 0 aliphatic rings. The predicted molar refractivity (Wildman–Crippen MR) is 75.7 cm³/mol. The first-order valence-electron chi connectivity index (χ1n) is 6.46. The van der Waals surface area contributed by atoms with E-state index in [0.29, 0.717) is 12.3 Å². The summed E-state index contributed by atoms with van der Waals surface area (Å²) in [6.45, 7) is 1.51. The quantitative estimate of drug-likeness (QED) is 0.656. The number of hydrogen-bond donors (Lipinski definition) is 2. The highest BCUT2D eigenvalue weighted by molar-refractivity contribution is 5.29. The largest absolute Gasteiger partial charge is 0.481 e. The molecule has 0 bridgehead atoms. The lowest BCUT2D eigenvalue weighted by molar-refractivity contribution is 0.397. The zero-order valence-corrected chi connectivity index (χ0v) is 11.9. The standard InChI is InChI=1S/C15H17F2N3O/c1-9-3-5-11(15(17)14(9)16)12(20-18)7-10-4-6-13(21-2)19-8-10/h3-6,8,12,20H,7,18H2,1-2H3. The van der Waals surface area contributed by atoms with Crippen molar-refractivity contribution in [2.45, 2.75) is 19.4 Å². The number of ether oxygens (including phenoxy) is 1. The molecule has 3 N–H and O–H groups in total. The van der Waals surface area contributed by atoms with E-state index < -0.39 is 17.7 Å². The summed E-state index contributed by atoms with van der Waals surface area (Å²) < 4.78 is 32.6. The molecule has 0 spiro atoms. The molecule has 4 nitrogen and oxygen atoms in total. The van der Waals surface area contributed by atoms with Crippen molar-refractivity contribution in [1.29, 1.82) is 0 Å². The van der Waals surface area contributed by atoms with Crippen molar-refractivity contribution in [2.24, 2.45) is 5.84 Å². The van der Waals surface area contributed by atoms with Gasteiger partial charge >= 0.3 is 0 Å². The van der Waals surface area contributed by atoms with Gasteiger partial charge in [-0.2, -0.15) is 0 Å². The van der Waals surface area contributed by atoms with Crippen molar-refractivity contribution >= 4 is 0 Å². The van der Waals surface area contributed by atoms with Gasteiger partial charge in [0.05, 0.1) is 13.2 Å². The van der Waals surface area contributed by atoms with Crippen molar-refractivity contribution < 1.29 is 13.5 Å². The van der Waals surface area contributed by atoms with Gasteiger partial charge in [0.2, 0.25) is 5.88 Å². The summed E-state index contributed by atoms with van der Waals surface area (Å²) in [6, 6.07) is 6.03. The normalized spacial score (nSPS) is 12.2. The highest BCUT2D eigenvalue weighted by Gasteiger charge is 2.19. The molecule has 1 unspecified atom stereocenters. The van der Waals surface area contributed by atoms with E-state index >= 15 is 0 Å². The fourth-order valence-electron chi connectivity index (χ4n) is 2.08. The maximum absolute atomic E-state index is 14.0. The number of halogens is 2. The maximum atomic E-state index is 14.0. The van der Waals surface area contributed by atoms with E-state index in [-0.39, 0.29) is 11.1 Å². The van der Waals surface area contributed by atoms with Crippen molar-refractivity contribution in [3.63, 3.8) is 0 Å². The van der Waals surface area contributed by atoms with Gasteiger partial charge in [0.1, 0.15) is 0 Å². The number of pyridine rings is 1. The second kappa shape index (κ2) is 6.60. The molecule has 21 heavy (non-hydrogen) atoms. The number of methoxy groups -OCH3 is 1. The average Bonchev–Trinajstić information content (AvgIpc) is 2.51. The van der Waals surface area contributed by atoms with Crippen molar-refractivity contribution in [3.8, 4) is 5.88 Å². The van der Waals surface area contributed by atoms with Crippen LogP contribution < -0.4 is 16.0 Å². The Kier molecular flexibility index (Phi) is 4.82. The third-order valence-electron chi connectivity index (χ3n) is 3.33. The van der Waals surface area contributed by atoms with Gasteiger partial charge in [-0.25, -0.2) is 13.8 Å². The molecule has 1 aromatic heterocycles. The van der Waals surface area contributed by atoms with Crippen LogP contribution in [-0.4, -0.2) is 12.1 Å². The molecule has 6 heteroatoms. The molecule has 0 amide bonds. The molecule has 0 aliphatic heterocycles. The second-order valence-electron chi connectivity index (χ2n) is 4.73. The Morgan fingerprint density at radius 2 is 2.00 bits per heavy atom. The summed E-state index contributed by atoms with van der Waals surface area (Å²) in [5.41, 5.74) is 3.80. The number of rotatable bonds is 5. The van der Waals surface area contributed by atoms with Crippen LogP contribution >= 0.6 is 0 Å². The fraction of sp³-hybridized carbons (Fsp3) is 0.267. The number of hydrazine groups is 1. The van der Waals surface area contributed by atoms with Crippen LogP contribution in [0.1, 0.15) is 22.7 Å². The van der Waals surface area contributed by atoms with Crippen LogP contribution in [0.2, 0.25) is 0 Å². The predicted octanol–water partition coefficient (Wildman–Crippen LogP) is 2.42. The first-order chi connectivity index (χ1) is 10.1. The molecule has 0 fully saturated rings. The van der Waals surface area contributed by atoms with E-state index in [2.05, 4.69) is 10.4 Å². The third-order valence-corrected chi connectivity index (χ3v) is 3.33. The van der Waals surface area contributed by atoms with Gasteiger partial charge in [-0.1, -0.05) is 18.2 Å². The lowest BCUT2D eigenvalue weighted by atomic mass is 9.98. The molecule has 0 radical (unpaired) electrons. The van der Waals surface area contributed by atoms with E-state index in [1.165, 1.54) is 26.2 Å². The minimum atomic E-state index is -0.876. The van der Waals surface area contributed by atoms with Crippen LogP contribution in [0.5, 0.6) is 5.88 Å². The Balaban J connectivity index is 2.25. The molecule has 0 aliphatic carbocycles. The Morgan fingerprint density at radius 1 is 1.24 bits per heavy atom. The van der Waals surface area contributed by atoms with Gasteiger partial charge in [-0.15, -0.1) is 0 Å². The number of benzene rings is 1. The zero-order valence-electron chi connectivity index (χ0n) is 11.9. The lowest BCUT2D eigenvalue weighted by Gasteiger charge is -2.18. The van der Waals surface area contributed by atoms with E-state index in [1.807, 2.05) is 0 Å².